The minimum atomic E-state index is 0.514. The highest BCUT2D eigenvalue weighted by molar-refractivity contribution is 9.10. The molecule has 0 aliphatic carbocycles. The van der Waals surface area contributed by atoms with Gasteiger partial charge in [0.05, 0.1) is 6.07 Å². The fraction of sp³-hybridized carbons (Fsp3) is 0.211. The van der Waals surface area contributed by atoms with Gasteiger partial charge in [-0.15, -0.1) is 0 Å². The third-order valence-electron chi connectivity index (χ3n) is 3.81. The Morgan fingerprint density at radius 2 is 2.05 bits per heavy atom. The molecule has 2 aromatic rings. The first-order valence-electron chi connectivity index (χ1n) is 7.38. The van der Waals surface area contributed by atoms with Gasteiger partial charge in [0.1, 0.15) is 12.4 Å². The molecule has 0 aromatic heterocycles. The van der Waals surface area contributed by atoms with Gasteiger partial charge >= 0.3 is 0 Å². The summed E-state index contributed by atoms with van der Waals surface area (Å²) in [5.41, 5.74) is 5.04. The number of nitrogens with zero attached hydrogens (tertiary/aromatic N) is 1. The molecule has 3 heteroatoms. The van der Waals surface area contributed by atoms with Crippen LogP contribution in [-0.4, -0.2) is 0 Å². The molecule has 0 saturated carbocycles. The van der Waals surface area contributed by atoms with Crippen LogP contribution < -0.4 is 4.74 Å². The summed E-state index contributed by atoms with van der Waals surface area (Å²) in [6, 6.07) is 16.5. The van der Waals surface area contributed by atoms with Crippen molar-refractivity contribution in [3.63, 3.8) is 0 Å². The van der Waals surface area contributed by atoms with Crippen LogP contribution >= 0.6 is 15.9 Å². The molecule has 110 valence electrons. The topological polar surface area (TPSA) is 33.0 Å². The second-order valence-corrected chi connectivity index (χ2v) is 6.22. The van der Waals surface area contributed by atoms with Crippen LogP contribution in [-0.2, 0) is 6.61 Å². The number of fused-ring (bicyclic) bond motifs is 2. The van der Waals surface area contributed by atoms with E-state index in [1.165, 1.54) is 0 Å². The van der Waals surface area contributed by atoms with E-state index in [0.29, 0.717) is 6.61 Å². The van der Waals surface area contributed by atoms with E-state index >= 15 is 0 Å². The smallest absolute Gasteiger partial charge is 0.127 e. The molecule has 0 fully saturated rings. The summed E-state index contributed by atoms with van der Waals surface area (Å²) in [7, 11) is 0. The standard InChI is InChI=1S/C19H16BrNO/c1-2-5-13(11-21)19-16-9-8-15(20)10-14(16)12-22-18-7-4-3-6-17(18)19/h3-4,6-10H,2,5,12H2,1H3/b19-13-. The number of allylic oxidation sites excluding steroid dienone is 1. The molecule has 1 aliphatic rings. The second-order valence-electron chi connectivity index (χ2n) is 5.30. The third kappa shape index (κ3) is 2.67. The van der Waals surface area contributed by atoms with Crippen molar-refractivity contribution in [1.29, 1.82) is 5.26 Å². The molecule has 0 bridgehead atoms. The van der Waals surface area contributed by atoms with E-state index in [2.05, 4.69) is 41.1 Å². The largest absolute Gasteiger partial charge is 0.488 e. The van der Waals surface area contributed by atoms with E-state index in [1.54, 1.807) is 0 Å². The third-order valence-corrected chi connectivity index (χ3v) is 4.31. The summed E-state index contributed by atoms with van der Waals surface area (Å²) in [6.45, 7) is 2.61. The molecule has 0 N–H and O–H groups in total. The minimum Gasteiger partial charge on any atom is -0.488 e. The lowest BCUT2D eigenvalue weighted by molar-refractivity contribution is 0.307. The van der Waals surface area contributed by atoms with Gasteiger partial charge in [0.15, 0.2) is 0 Å². The number of para-hydroxylation sites is 1. The van der Waals surface area contributed by atoms with E-state index < -0.39 is 0 Å². The minimum absolute atomic E-state index is 0.514. The number of benzene rings is 2. The number of halogens is 1. The van der Waals surface area contributed by atoms with Gasteiger partial charge in [-0.3, -0.25) is 0 Å². The number of hydrogen-bond acceptors (Lipinski definition) is 2. The molecule has 0 unspecified atom stereocenters. The summed E-state index contributed by atoms with van der Waals surface area (Å²) < 4.78 is 6.99. The molecule has 1 heterocycles. The van der Waals surface area contributed by atoms with Gasteiger partial charge in [-0.25, -0.2) is 0 Å². The fourth-order valence-electron chi connectivity index (χ4n) is 2.84. The van der Waals surface area contributed by atoms with Crippen molar-refractivity contribution in [2.75, 3.05) is 0 Å². The lowest BCUT2D eigenvalue weighted by atomic mass is 9.89. The highest BCUT2D eigenvalue weighted by Crippen LogP contribution is 2.39. The Morgan fingerprint density at radius 1 is 1.23 bits per heavy atom. The predicted molar refractivity (Wildman–Crippen MR) is 91.5 cm³/mol. The van der Waals surface area contributed by atoms with Crippen molar-refractivity contribution in [1.82, 2.24) is 0 Å². The molecular formula is C19H16BrNO. The summed E-state index contributed by atoms with van der Waals surface area (Å²) in [6.07, 6.45) is 1.72. The highest BCUT2D eigenvalue weighted by Gasteiger charge is 2.22. The average Bonchev–Trinajstić information content (AvgIpc) is 2.69. The zero-order valence-corrected chi connectivity index (χ0v) is 14.0. The normalized spacial score (nSPS) is 15.0. The van der Waals surface area contributed by atoms with Crippen LogP contribution in [0.25, 0.3) is 5.57 Å². The van der Waals surface area contributed by atoms with Crippen LogP contribution in [0.3, 0.4) is 0 Å². The summed E-state index contributed by atoms with van der Waals surface area (Å²) in [5, 5.41) is 9.65. The Bertz CT molecular complexity index is 786. The fourth-order valence-corrected chi connectivity index (χ4v) is 3.25. The van der Waals surface area contributed by atoms with Crippen molar-refractivity contribution in [3.8, 4) is 11.8 Å². The molecule has 2 aromatic carbocycles. The summed E-state index contributed by atoms with van der Waals surface area (Å²) in [5.74, 6) is 0.841. The first-order chi connectivity index (χ1) is 10.7. The van der Waals surface area contributed by atoms with Crippen LogP contribution in [0.2, 0.25) is 0 Å². The molecule has 0 saturated heterocycles. The van der Waals surface area contributed by atoms with Crippen molar-refractivity contribution in [3.05, 3.63) is 69.2 Å². The van der Waals surface area contributed by atoms with Crippen molar-refractivity contribution in [2.24, 2.45) is 0 Å². The molecular weight excluding hydrogens is 338 g/mol. The van der Waals surface area contributed by atoms with Gasteiger partial charge in [0.25, 0.3) is 0 Å². The van der Waals surface area contributed by atoms with Crippen LogP contribution in [0, 0.1) is 11.3 Å². The monoisotopic (exact) mass is 353 g/mol. The van der Waals surface area contributed by atoms with Gasteiger partial charge in [0.2, 0.25) is 0 Å². The van der Waals surface area contributed by atoms with Crippen LogP contribution in [0.15, 0.2) is 52.5 Å². The molecule has 2 nitrogen and oxygen atoms in total. The number of nitriles is 1. The Labute approximate surface area is 139 Å². The molecule has 1 aliphatic heterocycles. The molecule has 0 atom stereocenters. The van der Waals surface area contributed by atoms with E-state index in [1.807, 2.05) is 30.3 Å². The molecule has 0 radical (unpaired) electrons. The van der Waals surface area contributed by atoms with Gasteiger partial charge in [0, 0.05) is 21.2 Å². The van der Waals surface area contributed by atoms with Crippen LogP contribution in [0.5, 0.6) is 5.75 Å². The van der Waals surface area contributed by atoms with Gasteiger partial charge in [-0.2, -0.15) is 5.26 Å². The predicted octanol–water partition coefficient (Wildman–Crippen LogP) is 5.47. The summed E-state index contributed by atoms with van der Waals surface area (Å²) >= 11 is 3.52. The first-order valence-corrected chi connectivity index (χ1v) is 8.18. The van der Waals surface area contributed by atoms with Crippen molar-refractivity contribution < 1.29 is 4.74 Å². The highest BCUT2D eigenvalue weighted by atomic mass is 79.9. The van der Waals surface area contributed by atoms with E-state index in [4.69, 9.17) is 4.74 Å². The maximum absolute atomic E-state index is 9.65. The quantitative estimate of drug-likeness (QED) is 0.670. The first kappa shape index (κ1) is 14.9. The van der Waals surface area contributed by atoms with Gasteiger partial charge in [-0.05, 0) is 35.7 Å². The maximum Gasteiger partial charge on any atom is 0.127 e. The maximum atomic E-state index is 9.65. The molecule has 3 rings (SSSR count). The Morgan fingerprint density at radius 3 is 2.82 bits per heavy atom. The number of ether oxygens (including phenoxy) is 1. The number of rotatable bonds is 2. The molecule has 22 heavy (non-hydrogen) atoms. The average molecular weight is 354 g/mol. The zero-order chi connectivity index (χ0) is 15.5. The van der Waals surface area contributed by atoms with Crippen LogP contribution in [0.1, 0.15) is 36.5 Å². The van der Waals surface area contributed by atoms with Crippen molar-refractivity contribution in [2.45, 2.75) is 26.4 Å². The van der Waals surface area contributed by atoms with E-state index in [0.717, 1.165) is 50.9 Å². The van der Waals surface area contributed by atoms with Gasteiger partial charge in [-0.1, -0.05) is 53.5 Å². The Kier molecular flexibility index (Phi) is 4.31. The van der Waals surface area contributed by atoms with Crippen molar-refractivity contribution >= 4 is 21.5 Å². The van der Waals surface area contributed by atoms with E-state index in [-0.39, 0.29) is 0 Å². The molecule has 0 spiro atoms. The van der Waals surface area contributed by atoms with Crippen LogP contribution in [0.4, 0.5) is 0 Å². The Balaban J connectivity index is 2.33. The lowest BCUT2D eigenvalue weighted by Gasteiger charge is -2.13. The number of hydrogen-bond donors (Lipinski definition) is 0. The SMILES string of the molecule is CCC/C(C#N)=C1\c2ccc(Br)cc2COc2ccccc21. The van der Waals surface area contributed by atoms with Gasteiger partial charge < -0.3 is 4.74 Å². The zero-order valence-electron chi connectivity index (χ0n) is 12.4. The lowest BCUT2D eigenvalue weighted by Crippen LogP contribution is -1.97. The summed E-state index contributed by atoms with van der Waals surface area (Å²) in [4.78, 5) is 0. The Hall–Kier alpha value is -2.05. The molecule has 0 amide bonds. The van der Waals surface area contributed by atoms with E-state index in [9.17, 15) is 5.26 Å². The second kappa shape index (κ2) is 6.37.